The van der Waals surface area contributed by atoms with Gasteiger partial charge in [-0.15, -0.1) is 0 Å². The summed E-state index contributed by atoms with van der Waals surface area (Å²) in [5, 5.41) is 4.05. The van der Waals surface area contributed by atoms with Crippen LogP contribution in [-0.4, -0.2) is 33.9 Å². The van der Waals surface area contributed by atoms with Gasteiger partial charge in [0, 0.05) is 49.4 Å². The number of nitrogens with zero attached hydrogens (tertiary/aromatic N) is 5. The van der Waals surface area contributed by atoms with Crippen molar-refractivity contribution in [2.75, 3.05) is 28.2 Å². The van der Waals surface area contributed by atoms with Crippen LogP contribution in [0.4, 0.5) is 23.0 Å². The maximum atomic E-state index is 12.0. The zero-order valence-electron chi connectivity index (χ0n) is 17.1. The number of benzene rings is 1. The lowest BCUT2D eigenvalue weighted by Gasteiger charge is -2.30. The maximum absolute atomic E-state index is 12.0. The second kappa shape index (κ2) is 7.67. The van der Waals surface area contributed by atoms with E-state index in [1.54, 1.807) is 24.3 Å². The molecule has 0 atom stereocenters. The first kappa shape index (κ1) is 19.5. The van der Waals surface area contributed by atoms with Crippen LogP contribution in [0.25, 0.3) is 5.57 Å². The third-order valence-corrected chi connectivity index (χ3v) is 6.00. The Balaban J connectivity index is 1.46. The molecule has 3 aromatic rings. The molecule has 7 nitrogen and oxygen atoms in total. The highest BCUT2D eigenvalue weighted by Gasteiger charge is 2.26. The third kappa shape index (κ3) is 3.51. The summed E-state index contributed by atoms with van der Waals surface area (Å²) < 4.78 is 0. The van der Waals surface area contributed by atoms with Crippen LogP contribution in [0, 0.1) is 0 Å². The number of carbonyl (C=O) groups excluding carboxylic acids is 1. The number of aromatic nitrogens is 3. The van der Waals surface area contributed by atoms with Crippen LogP contribution in [0.1, 0.15) is 23.7 Å². The first-order valence-corrected chi connectivity index (χ1v) is 10.4. The maximum Gasteiger partial charge on any atom is 0.224 e. The molecule has 8 heteroatoms. The number of rotatable bonds is 3. The highest BCUT2D eigenvalue weighted by atomic mass is 35.5. The van der Waals surface area contributed by atoms with Gasteiger partial charge in [-0.05, 0) is 29.8 Å². The van der Waals surface area contributed by atoms with E-state index in [4.69, 9.17) is 11.6 Å². The Morgan fingerprint density at radius 2 is 2.06 bits per heavy atom. The molecule has 5 rings (SSSR count). The van der Waals surface area contributed by atoms with Gasteiger partial charge in [0.15, 0.2) is 0 Å². The predicted octanol–water partition coefficient (Wildman–Crippen LogP) is 4.21. The molecule has 0 saturated carbocycles. The average molecular weight is 433 g/mol. The van der Waals surface area contributed by atoms with Crippen molar-refractivity contribution in [3.8, 4) is 0 Å². The Hall–Kier alpha value is -3.45. The summed E-state index contributed by atoms with van der Waals surface area (Å²) in [4.78, 5) is 29.3. The van der Waals surface area contributed by atoms with Crippen molar-refractivity contribution in [1.82, 2.24) is 15.0 Å². The molecule has 2 aromatic heterocycles. The number of anilines is 4. The molecule has 1 aromatic carbocycles. The van der Waals surface area contributed by atoms with E-state index in [0.717, 1.165) is 58.4 Å². The summed E-state index contributed by atoms with van der Waals surface area (Å²) in [5.74, 6) is 1.50. The van der Waals surface area contributed by atoms with E-state index < -0.39 is 0 Å². The summed E-state index contributed by atoms with van der Waals surface area (Å²) >= 11 is 6.37. The van der Waals surface area contributed by atoms with E-state index in [-0.39, 0.29) is 5.91 Å². The van der Waals surface area contributed by atoms with Crippen molar-refractivity contribution in [3.63, 3.8) is 0 Å². The second-order valence-corrected chi connectivity index (χ2v) is 8.10. The largest absolute Gasteiger partial charge is 0.350 e. The molecule has 2 aliphatic rings. The van der Waals surface area contributed by atoms with Gasteiger partial charge in [-0.25, -0.2) is 15.0 Å². The lowest BCUT2D eigenvalue weighted by Crippen LogP contribution is -2.32. The molecule has 0 aliphatic carbocycles. The molecule has 0 bridgehead atoms. The van der Waals surface area contributed by atoms with Crippen molar-refractivity contribution in [2.24, 2.45) is 0 Å². The summed E-state index contributed by atoms with van der Waals surface area (Å²) in [7, 11) is 0. The minimum absolute atomic E-state index is 0.000605. The first-order valence-electron chi connectivity index (χ1n) is 10.1. The van der Waals surface area contributed by atoms with Gasteiger partial charge in [-0.1, -0.05) is 24.2 Å². The van der Waals surface area contributed by atoms with Crippen molar-refractivity contribution in [2.45, 2.75) is 19.9 Å². The van der Waals surface area contributed by atoms with Crippen LogP contribution in [-0.2, 0) is 17.8 Å². The highest BCUT2D eigenvalue weighted by Crippen LogP contribution is 2.38. The van der Waals surface area contributed by atoms with Gasteiger partial charge in [-0.2, -0.15) is 0 Å². The van der Waals surface area contributed by atoms with E-state index >= 15 is 0 Å². The van der Waals surface area contributed by atoms with Crippen LogP contribution in [0.15, 0.2) is 49.4 Å². The van der Waals surface area contributed by atoms with E-state index in [9.17, 15) is 4.79 Å². The summed E-state index contributed by atoms with van der Waals surface area (Å²) in [6, 6.07) is 9.63. The van der Waals surface area contributed by atoms with Crippen molar-refractivity contribution in [1.29, 1.82) is 0 Å². The number of hydrogen-bond acceptors (Lipinski definition) is 6. The van der Waals surface area contributed by atoms with Gasteiger partial charge in [0.1, 0.15) is 18.0 Å². The molecule has 1 amide bonds. The van der Waals surface area contributed by atoms with Crippen LogP contribution in [0.3, 0.4) is 0 Å². The number of carbonyl (C=O) groups is 1. The van der Waals surface area contributed by atoms with E-state index in [0.29, 0.717) is 18.1 Å². The van der Waals surface area contributed by atoms with Crippen LogP contribution >= 0.6 is 11.6 Å². The third-order valence-electron chi connectivity index (χ3n) is 5.70. The summed E-state index contributed by atoms with van der Waals surface area (Å²) in [6.07, 6.45) is 4.11. The van der Waals surface area contributed by atoms with Crippen molar-refractivity contribution in [3.05, 3.63) is 71.3 Å². The van der Waals surface area contributed by atoms with E-state index in [1.807, 2.05) is 30.3 Å². The SMILES string of the molecule is C=C1CN(C(C)=O)c2cc(Nc3ncnc4c3CN(c3ncccc3Cl)CC4)ccc21. The monoisotopic (exact) mass is 432 g/mol. The topological polar surface area (TPSA) is 74.2 Å². The molecule has 2 aliphatic heterocycles. The lowest BCUT2D eigenvalue weighted by molar-refractivity contribution is -0.116. The normalized spacial score (nSPS) is 15.0. The van der Waals surface area contributed by atoms with Crippen LogP contribution < -0.4 is 15.1 Å². The smallest absolute Gasteiger partial charge is 0.224 e. The van der Waals surface area contributed by atoms with Gasteiger partial charge in [0.25, 0.3) is 0 Å². The molecule has 0 fully saturated rings. The van der Waals surface area contributed by atoms with Gasteiger partial charge >= 0.3 is 0 Å². The van der Waals surface area contributed by atoms with Gasteiger partial charge in [-0.3, -0.25) is 4.79 Å². The Morgan fingerprint density at radius 1 is 1.19 bits per heavy atom. The fourth-order valence-corrected chi connectivity index (χ4v) is 4.39. The van der Waals surface area contributed by atoms with Crippen molar-refractivity contribution >= 4 is 46.1 Å². The Bertz CT molecular complexity index is 1210. The number of halogens is 1. The molecule has 4 heterocycles. The van der Waals surface area contributed by atoms with Gasteiger partial charge in [0.2, 0.25) is 5.91 Å². The summed E-state index contributed by atoms with van der Waals surface area (Å²) in [5.41, 5.74) is 5.70. The zero-order chi connectivity index (χ0) is 21.5. The van der Waals surface area contributed by atoms with E-state index in [2.05, 4.69) is 31.7 Å². The fraction of sp³-hybridized carbons (Fsp3) is 0.217. The predicted molar refractivity (Wildman–Crippen MR) is 123 cm³/mol. The molecule has 1 N–H and O–H groups in total. The highest BCUT2D eigenvalue weighted by molar-refractivity contribution is 6.32. The Kier molecular flexibility index (Phi) is 4.82. The van der Waals surface area contributed by atoms with Crippen LogP contribution in [0.2, 0.25) is 5.02 Å². The standard InChI is InChI=1S/C23H21ClN6O/c1-14-11-30(15(2)31)21-10-16(5-6-17(14)21)28-22-18-12-29(9-7-20(18)26-13-27-22)23-19(24)4-3-8-25-23/h3-6,8,10,13H,1,7,9,11-12H2,2H3,(H,26,27,28). The molecule has 0 saturated heterocycles. The van der Waals surface area contributed by atoms with Gasteiger partial charge in [0.05, 0.1) is 22.9 Å². The van der Waals surface area contributed by atoms with E-state index in [1.165, 1.54) is 0 Å². The lowest BCUT2D eigenvalue weighted by atomic mass is 10.1. The Labute approximate surface area is 185 Å². The van der Waals surface area contributed by atoms with Gasteiger partial charge < -0.3 is 15.1 Å². The first-order chi connectivity index (χ1) is 15.0. The molecule has 156 valence electrons. The zero-order valence-corrected chi connectivity index (χ0v) is 17.9. The fourth-order valence-electron chi connectivity index (χ4n) is 4.15. The van der Waals surface area contributed by atoms with Crippen molar-refractivity contribution < 1.29 is 4.79 Å². The minimum Gasteiger partial charge on any atom is -0.350 e. The number of hydrogen-bond donors (Lipinski definition) is 1. The Morgan fingerprint density at radius 3 is 2.87 bits per heavy atom. The average Bonchev–Trinajstić information content (AvgIpc) is 3.10. The second-order valence-electron chi connectivity index (χ2n) is 7.69. The summed E-state index contributed by atoms with van der Waals surface area (Å²) in [6.45, 7) is 7.58. The number of pyridine rings is 1. The molecule has 31 heavy (non-hydrogen) atoms. The number of fused-ring (bicyclic) bond motifs is 2. The van der Waals surface area contributed by atoms with Crippen LogP contribution in [0.5, 0.6) is 0 Å². The molecular formula is C23H21ClN6O. The number of amides is 1. The molecule has 0 radical (unpaired) electrons. The quantitative estimate of drug-likeness (QED) is 0.668. The minimum atomic E-state index is -0.000605. The molecular weight excluding hydrogens is 412 g/mol. The molecule has 0 spiro atoms. The number of nitrogens with one attached hydrogen (secondary N) is 1. The molecule has 0 unspecified atom stereocenters.